The first kappa shape index (κ1) is 13.8. The van der Waals surface area contributed by atoms with E-state index in [1.165, 1.54) is 12.1 Å². The Morgan fingerprint density at radius 3 is 2.74 bits per heavy atom. The van der Waals surface area contributed by atoms with Gasteiger partial charge in [-0.1, -0.05) is 0 Å². The number of carboxylic acid groups (broad SMARTS) is 1. The Bertz CT molecular complexity index is 458. The van der Waals surface area contributed by atoms with Crippen molar-refractivity contribution in [2.75, 3.05) is 31.7 Å². The first-order valence-corrected chi connectivity index (χ1v) is 6.39. The smallest absolute Gasteiger partial charge is 0.335 e. The van der Waals surface area contributed by atoms with Crippen LogP contribution in [-0.4, -0.2) is 37.9 Å². The lowest BCUT2D eigenvalue weighted by Gasteiger charge is -2.28. The quantitative estimate of drug-likeness (QED) is 0.910. The average molecular weight is 267 g/mol. The first-order chi connectivity index (χ1) is 9.08. The van der Waals surface area contributed by atoms with Crippen molar-refractivity contribution < 1.29 is 19.0 Å². The van der Waals surface area contributed by atoms with Crippen LogP contribution in [0.15, 0.2) is 18.2 Å². The normalized spacial score (nSPS) is 16.3. The third-order valence-corrected chi connectivity index (χ3v) is 3.48. The highest BCUT2D eigenvalue weighted by Gasteiger charge is 2.18. The molecule has 0 aromatic heterocycles. The van der Waals surface area contributed by atoms with E-state index in [0.29, 0.717) is 11.6 Å². The van der Waals surface area contributed by atoms with E-state index < -0.39 is 11.8 Å². The number of halogens is 1. The fraction of sp³-hybridized carbons (Fsp3) is 0.500. The largest absolute Gasteiger partial charge is 0.478 e. The van der Waals surface area contributed by atoms with Gasteiger partial charge in [0.05, 0.1) is 11.3 Å². The Morgan fingerprint density at radius 2 is 2.16 bits per heavy atom. The zero-order valence-electron chi connectivity index (χ0n) is 10.9. The molecule has 5 heteroatoms. The summed E-state index contributed by atoms with van der Waals surface area (Å²) in [7, 11) is 1.83. The Hall–Kier alpha value is -1.62. The molecule has 1 aliphatic rings. The van der Waals surface area contributed by atoms with E-state index >= 15 is 0 Å². The van der Waals surface area contributed by atoms with Crippen LogP contribution in [0.5, 0.6) is 0 Å². The number of hydrogen-bond donors (Lipinski definition) is 1. The zero-order valence-corrected chi connectivity index (χ0v) is 10.9. The van der Waals surface area contributed by atoms with Crippen LogP contribution >= 0.6 is 0 Å². The highest BCUT2D eigenvalue weighted by molar-refractivity contribution is 5.88. The molecular formula is C14H18FNO3. The van der Waals surface area contributed by atoms with E-state index in [-0.39, 0.29) is 5.56 Å². The van der Waals surface area contributed by atoms with Crippen molar-refractivity contribution in [2.24, 2.45) is 5.92 Å². The molecule has 0 aliphatic carbocycles. The molecule has 1 N–H and O–H groups in total. The molecule has 104 valence electrons. The maximum atomic E-state index is 13.9. The van der Waals surface area contributed by atoms with Crippen molar-refractivity contribution in [2.45, 2.75) is 12.8 Å². The molecule has 0 bridgehead atoms. The van der Waals surface area contributed by atoms with Crippen LogP contribution in [0.25, 0.3) is 0 Å². The summed E-state index contributed by atoms with van der Waals surface area (Å²) in [5.41, 5.74) is 0.414. The lowest BCUT2D eigenvalue weighted by atomic mass is 9.99. The Morgan fingerprint density at radius 1 is 1.47 bits per heavy atom. The van der Waals surface area contributed by atoms with Crippen molar-refractivity contribution >= 4 is 11.7 Å². The maximum absolute atomic E-state index is 13.9. The molecule has 0 spiro atoms. The number of benzene rings is 1. The molecule has 0 amide bonds. The van der Waals surface area contributed by atoms with Crippen molar-refractivity contribution in [3.8, 4) is 0 Å². The number of anilines is 1. The fourth-order valence-corrected chi connectivity index (χ4v) is 2.36. The highest BCUT2D eigenvalue weighted by atomic mass is 19.1. The standard InChI is InChI=1S/C14H18FNO3/c1-16(9-10-4-6-19-7-5-10)13-3-2-11(14(17)18)8-12(13)15/h2-3,8,10H,4-7,9H2,1H3,(H,17,18). The summed E-state index contributed by atoms with van der Waals surface area (Å²) >= 11 is 0. The average Bonchev–Trinajstić information content (AvgIpc) is 2.39. The number of carboxylic acids is 1. The molecule has 2 rings (SSSR count). The molecule has 1 fully saturated rings. The van der Waals surface area contributed by atoms with Gasteiger partial charge in [0.15, 0.2) is 0 Å². The number of rotatable bonds is 4. The van der Waals surface area contributed by atoms with Gasteiger partial charge >= 0.3 is 5.97 Å². The van der Waals surface area contributed by atoms with E-state index in [4.69, 9.17) is 9.84 Å². The Balaban J connectivity index is 2.05. The second-order valence-corrected chi connectivity index (χ2v) is 4.91. The number of ether oxygens (including phenoxy) is 1. The van der Waals surface area contributed by atoms with Gasteiger partial charge in [0.25, 0.3) is 0 Å². The second kappa shape index (κ2) is 6.02. The van der Waals surface area contributed by atoms with E-state index in [1.807, 2.05) is 11.9 Å². The fourth-order valence-electron chi connectivity index (χ4n) is 2.36. The van der Waals surface area contributed by atoms with E-state index in [1.54, 1.807) is 0 Å². The summed E-state index contributed by atoms with van der Waals surface area (Å²) in [5, 5.41) is 8.81. The number of hydrogen-bond acceptors (Lipinski definition) is 3. The molecule has 1 aromatic rings. The number of nitrogens with zero attached hydrogens (tertiary/aromatic N) is 1. The monoisotopic (exact) mass is 267 g/mol. The lowest BCUT2D eigenvalue weighted by molar-refractivity contribution is 0.0683. The molecule has 0 atom stereocenters. The van der Waals surface area contributed by atoms with Gasteiger partial charge in [0.1, 0.15) is 5.82 Å². The maximum Gasteiger partial charge on any atom is 0.335 e. The van der Waals surface area contributed by atoms with Gasteiger partial charge in [-0.05, 0) is 37.0 Å². The zero-order chi connectivity index (χ0) is 13.8. The predicted molar refractivity (Wildman–Crippen MR) is 70.2 cm³/mol. The van der Waals surface area contributed by atoms with Crippen LogP contribution < -0.4 is 4.90 Å². The lowest BCUT2D eigenvalue weighted by Crippen LogP contribution is -2.30. The van der Waals surface area contributed by atoms with Crippen LogP contribution in [0.2, 0.25) is 0 Å². The molecule has 4 nitrogen and oxygen atoms in total. The molecule has 0 saturated carbocycles. The van der Waals surface area contributed by atoms with Gasteiger partial charge in [-0.15, -0.1) is 0 Å². The summed E-state index contributed by atoms with van der Waals surface area (Å²) in [6.07, 6.45) is 1.97. The van der Waals surface area contributed by atoms with Crippen LogP contribution in [0, 0.1) is 11.7 Å². The summed E-state index contributed by atoms with van der Waals surface area (Å²) in [4.78, 5) is 12.6. The molecule has 19 heavy (non-hydrogen) atoms. The van der Waals surface area contributed by atoms with Crippen LogP contribution in [-0.2, 0) is 4.74 Å². The van der Waals surface area contributed by atoms with Crippen molar-refractivity contribution in [1.29, 1.82) is 0 Å². The first-order valence-electron chi connectivity index (χ1n) is 6.39. The third-order valence-electron chi connectivity index (χ3n) is 3.48. The molecular weight excluding hydrogens is 249 g/mol. The summed E-state index contributed by atoms with van der Waals surface area (Å²) in [6.45, 7) is 2.28. The minimum Gasteiger partial charge on any atom is -0.478 e. The molecule has 1 heterocycles. The Labute approximate surface area is 111 Å². The highest BCUT2D eigenvalue weighted by Crippen LogP contribution is 2.23. The summed E-state index contributed by atoms with van der Waals surface area (Å²) in [5.74, 6) is -1.11. The van der Waals surface area contributed by atoms with Gasteiger partial charge in [-0.25, -0.2) is 9.18 Å². The third kappa shape index (κ3) is 3.44. The minimum absolute atomic E-state index is 0.0271. The van der Waals surface area contributed by atoms with Crippen molar-refractivity contribution in [3.05, 3.63) is 29.6 Å². The van der Waals surface area contributed by atoms with Crippen molar-refractivity contribution in [3.63, 3.8) is 0 Å². The minimum atomic E-state index is -1.11. The molecule has 0 radical (unpaired) electrons. The van der Waals surface area contributed by atoms with Gasteiger partial charge < -0.3 is 14.7 Å². The van der Waals surface area contributed by atoms with E-state index in [0.717, 1.165) is 38.7 Å². The molecule has 0 unspecified atom stereocenters. The van der Waals surface area contributed by atoms with Crippen molar-refractivity contribution in [1.82, 2.24) is 0 Å². The van der Waals surface area contributed by atoms with Crippen LogP contribution in [0.1, 0.15) is 23.2 Å². The van der Waals surface area contributed by atoms with Crippen LogP contribution in [0.3, 0.4) is 0 Å². The second-order valence-electron chi connectivity index (χ2n) is 4.91. The van der Waals surface area contributed by atoms with Gasteiger partial charge in [-0.3, -0.25) is 0 Å². The van der Waals surface area contributed by atoms with Crippen LogP contribution in [0.4, 0.5) is 10.1 Å². The predicted octanol–water partition coefficient (Wildman–Crippen LogP) is 2.39. The van der Waals surface area contributed by atoms with E-state index in [9.17, 15) is 9.18 Å². The summed E-state index contributed by atoms with van der Waals surface area (Å²) < 4.78 is 19.2. The van der Waals surface area contributed by atoms with Gasteiger partial charge in [0, 0.05) is 26.8 Å². The molecule has 1 aromatic carbocycles. The molecule has 1 saturated heterocycles. The number of aromatic carboxylic acids is 1. The van der Waals surface area contributed by atoms with Gasteiger partial charge in [0.2, 0.25) is 0 Å². The summed E-state index contributed by atoms with van der Waals surface area (Å²) in [6, 6.07) is 4.03. The van der Waals surface area contributed by atoms with E-state index in [2.05, 4.69) is 0 Å². The topological polar surface area (TPSA) is 49.8 Å². The molecule has 1 aliphatic heterocycles. The van der Waals surface area contributed by atoms with Gasteiger partial charge in [-0.2, -0.15) is 0 Å². The number of carbonyl (C=O) groups is 1. The Kier molecular flexibility index (Phi) is 4.37. The SMILES string of the molecule is CN(CC1CCOCC1)c1ccc(C(=O)O)cc1F.